The Labute approximate surface area is 83.8 Å². The van der Waals surface area contributed by atoms with Crippen LogP contribution in [-0.2, 0) is 0 Å². The number of nitrogens with one attached hydrogen (secondary N) is 1. The summed E-state index contributed by atoms with van der Waals surface area (Å²) in [5.74, 6) is 1.56. The van der Waals surface area contributed by atoms with E-state index in [1.54, 1.807) is 0 Å². The highest BCUT2D eigenvalue weighted by Crippen LogP contribution is 2.32. The number of hydrogen-bond acceptors (Lipinski definition) is 3. The molecule has 1 fully saturated rings. The van der Waals surface area contributed by atoms with E-state index in [2.05, 4.69) is 23.3 Å². The van der Waals surface area contributed by atoms with Gasteiger partial charge in [-0.1, -0.05) is 13.0 Å². The Morgan fingerprint density at radius 3 is 2.86 bits per heavy atom. The number of pyridine rings is 1. The first kappa shape index (κ1) is 9.01. The van der Waals surface area contributed by atoms with Gasteiger partial charge in [0.15, 0.2) is 0 Å². The van der Waals surface area contributed by atoms with Gasteiger partial charge in [0.25, 0.3) is 0 Å². The summed E-state index contributed by atoms with van der Waals surface area (Å²) in [6.07, 6.45) is 1.21. The zero-order valence-corrected chi connectivity index (χ0v) is 8.41. The molecule has 1 aromatic rings. The van der Waals surface area contributed by atoms with Crippen LogP contribution in [0.25, 0.3) is 0 Å². The molecule has 2 atom stereocenters. The van der Waals surface area contributed by atoms with E-state index >= 15 is 0 Å². The van der Waals surface area contributed by atoms with Crippen LogP contribution in [0.1, 0.15) is 24.6 Å². The highest BCUT2D eigenvalue weighted by atomic mass is 15.0. The fraction of sp³-hybridized carbons (Fsp3) is 0.455. The molecule has 1 aromatic heterocycles. The molecule has 3 nitrogen and oxygen atoms in total. The summed E-state index contributed by atoms with van der Waals surface area (Å²) in [6.45, 7) is 4.10. The highest BCUT2D eigenvalue weighted by molar-refractivity contribution is 5.44. The van der Waals surface area contributed by atoms with Crippen LogP contribution in [0, 0.1) is 24.2 Å². The smallest absolute Gasteiger partial charge is 0.145 e. The minimum Gasteiger partial charge on any atom is -0.367 e. The Bertz CT molecular complexity index is 392. The molecular weight excluding hydrogens is 174 g/mol. The van der Waals surface area contributed by atoms with Gasteiger partial charge in [0, 0.05) is 6.04 Å². The molecule has 0 aromatic carbocycles. The maximum Gasteiger partial charge on any atom is 0.145 e. The van der Waals surface area contributed by atoms with Gasteiger partial charge in [-0.3, -0.25) is 0 Å². The summed E-state index contributed by atoms with van der Waals surface area (Å²) in [5.41, 5.74) is 1.45. The quantitative estimate of drug-likeness (QED) is 0.771. The van der Waals surface area contributed by atoms with Gasteiger partial charge in [-0.05, 0) is 30.9 Å². The van der Waals surface area contributed by atoms with Gasteiger partial charge in [0.05, 0.1) is 0 Å². The topological polar surface area (TPSA) is 48.7 Å². The molecule has 2 unspecified atom stereocenters. The monoisotopic (exact) mass is 187 g/mol. The van der Waals surface area contributed by atoms with Gasteiger partial charge in [-0.2, -0.15) is 5.26 Å². The molecule has 1 aliphatic carbocycles. The molecule has 72 valence electrons. The lowest BCUT2D eigenvalue weighted by Crippen LogP contribution is -2.06. The second kappa shape index (κ2) is 3.30. The third-order valence-electron chi connectivity index (χ3n) is 2.65. The number of nitriles is 1. The van der Waals surface area contributed by atoms with Crippen LogP contribution in [0.15, 0.2) is 12.1 Å². The van der Waals surface area contributed by atoms with E-state index in [0.29, 0.717) is 11.7 Å². The van der Waals surface area contributed by atoms with Crippen LogP contribution in [0.2, 0.25) is 0 Å². The van der Waals surface area contributed by atoms with Crippen LogP contribution in [0.4, 0.5) is 5.82 Å². The lowest BCUT2D eigenvalue weighted by atomic mass is 10.2. The first-order chi connectivity index (χ1) is 6.70. The van der Waals surface area contributed by atoms with Gasteiger partial charge < -0.3 is 5.32 Å². The Hall–Kier alpha value is -1.56. The maximum absolute atomic E-state index is 8.80. The molecule has 0 bridgehead atoms. The predicted molar refractivity (Wildman–Crippen MR) is 54.9 cm³/mol. The Morgan fingerprint density at radius 2 is 2.29 bits per heavy atom. The molecule has 1 heterocycles. The zero-order valence-electron chi connectivity index (χ0n) is 8.41. The summed E-state index contributed by atoms with van der Waals surface area (Å²) in [5, 5.41) is 12.1. The van der Waals surface area contributed by atoms with Gasteiger partial charge in [-0.15, -0.1) is 0 Å². The highest BCUT2D eigenvalue weighted by Gasteiger charge is 2.32. The van der Waals surface area contributed by atoms with Crippen LogP contribution >= 0.6 is 0 Å². The second-order valence-electron chi connectivity index (χ2n) is 3.94. The summed E-state index contributed by atoms with van der Waals surface area (Å²) in [6, 6.07) is 6.51. The van der Waals surface area contributed by atoms with E-state index < -0.39 is 0 Å². The first-order valence-corrected chi connectivity index (χ1v) is 4.85. The predicted octanol–water partition coefficient (Wildman–Crippen LogP) is 2.08. The lowest BCUT2D eigenvalue weighted by molar-refractivity contribution is 0.922. The number of nitrogens with zero attached hydrogens (tertiary/aromatic N) is 2. The third-order valence-corrected chi connectivity index (χ3v) is 2.65. The van der Waals surface area contributed by atoms with Crippen molar-refractivity contribution in [2.24, 2.45) is 5.92 Å². The van der Waals surface area contributed by atoms with Crippen molar-refractivity contribution in [2.45, 2.75) is 26.3 Å². The summed E-state index contributed by atoms with van der Waals surface area (Å²) in [7, 11) is 0. The number of aromatic nitrogens is 1. The van der Waals surface area contributed by atoms with Crippen molar-refractivity contribution in [3.8, 4) is 6.07 Å². The molecule has 0 aliphatic heterocycles. The molecule has 0 spiro atoms. The van der Waals surface area contributed by atoms with Crippen LogP contribution in [0.3, 0.4) is 0 Å². The summed E-state index contributed by atoms with van der Waals surface area (Å²) >= 11 is 0. The summed E-state index contributed by atoms with van der Waals surface area (Å²) < 4.78 is 0. The number of aryl methyl sites for hydroxylation is 1. The molecular formula is C11H13N3. The maximum atomic E-state index is 8.80. The molecule has 0 saturated heterocycles. The van der Waals surface area contributed by atoms with E-state index in [1.807, 2.05) is 19.1 Å². The largest absolute Gasteiger partial charge is 0.367 e. The Morgan fingerprint density at radius 1 is 1.57 bits per heavy atom. The fourth-order valence-corrected chi connectivity index (χ4v) is 1.44. The standard InChI is InChI=1S/C11H13N3/c1-7-3-4-11(14-10(7)6-12)13-9-5-8(9)2/h3-4,8-9H,5H2,1-2H3,(H,13,14). The van der Waals surface area contributed by atoms with E-state index in [0.717, 1.165) is 17.3 Å². The van der Waals surface area contributed by atoms with Gasteiger partial charge in [-0.25, -0.2) is 4.98 Å². The minimum absolute atomic E-state index is 0.517. The number of rotatable bonds is 2. The van der Waals surface area contributed by atoms with E-state index in [1.165, 1.54) is 6.42 Å². The first-order valence-electron chi connectivity index (χ1n) is 4.85. The average Bonchev–Trinajstić information content (AvgIpc) is 2.85. The van der Waals surface area contributed by atoms with E-state index in [-0.39, 0.29) is 0 Å². The fourth-order valence-electron chi connectivity index (χ4n) is 1.44. The van der Waals surface area contributed by atoms with Crippen molar-refractivity contribution in [2.75, 3.05) is 5.32 Å². The lowest BCUT2D eigenvalue weighted by Gasteiger charge is -2.05. The van der Waals surface area contributed by atoms with Crippen molar-refractivity contribution in [1.82, 2.24) is 4.98 Å². The molecule has 0 amide bonds. The zero-order chi connectivity index (χ0) is 10.1. The molecule has 2 rings (SSSR count). The van der Waals surface area contributed by atoms with E-state index in [4.69, 9.17) is 5.26 Å². The molecule has 0 radical (unpaired) electrons. The van der Waals surface area contributed by atoms with Gasteiger partial charge in [0.2, 0.25) is 0 Å². The Balaban J connectivity index is 2.15. The van der Waals surface area contributed by atoms with Crippen LogP contribution in [-0.4, -0.2) is 11.0 Å². The van der Waals surface area contributed by atoms with Crippen molar-refractivity contribution in [3.05, 3.63) is 23.4 Å². The molecule has 1 N–H and O–H groups in total. The van der Waals surface area contributed by atoms with Gasteiger partial charge in [0.1, 0.15) is 17.6 Å². The molecule has 1 aliphatic rings. The minimum atomic E-state index is 0.517. The third kappa shape index (κ3) is 1.69. The SMILES string of the molecule is Cc1ccc(NC2CC2C)nc1C#N. The normalized spacial score (nSPS) is 24.1. The number of anilines is 1. The van der Waals surface area contributed by atoms with Crippen molar-refractivity contribution < 1.29 is 0 Å². The second-order valence-corrected chi connectivity index (χ2v) is 3.94. The molecule has 14 heavy (non-hydrogen) atoms. The molecule has 1 saturated carbocycles. The average molecular weight is 187 g/mol. The molecule has 3 heteroatoms. The Kier molecular flexibility index (Phi) is 2.12. The number of hydrogen-bond donors (Lipinski definition) is 1. The van der Waals surface area contributed by atoms with E-state index in [9.17, 15) is 0 Å². The summed E-state index contributed by atoms with van der Waals surface area (Å²) in [4.78, 5) is 4.23. The van der Waals surface area contributed by atoms with Crippen LogP contribution < -0.4 is 5.32 Å². The van der Waals surface area contributed by atoms with Crippen LogP contribution in [0.5, 0.6) is 0 Å². The van der Waals surface area contributed by atoms with Crippen molar-refractivity contribution in [3.63, 3.8) is 0 Å². The van der Waals surface area contributed by atoms with Crippen molar-refractivity contribution in [1.29, 1.82) is 5.26 Å². The van der Waals surface area contributed by atoms with Gasteiger partial charge >= 0.3 is 0 Å². The van der Waals surface area contributed by atoms with Crippen molar-refractivity contribution >= 4 is 5.82 Å².